The highest BCUT2D eigenvalue weighted by Gasteiger charge is 2.01. The lowest BCUT2D eigenvalue weighted by Gasteiger charge is -1.84. The van der Waals surface area contributed by atoms with E-state index in [1.807, 2.05) is 0 Å². The number of carbonyl (C=O) groups excluding carboxylic acids is 2. The van der Waals surface area contributed by atoms with Crippen LogP contribution >= 0.6 is 0 Å². The van der Waals surface area contributed by atoms with E-state index in [4.69, 9.17) is 30.6 Å². The minimum atomic E-state index is -1.81. The number of hydrogen-bond donors (Lipinski definition) is 4. The van der Waals surface area contributed by atoms with E-state index >= 15 is 0 Å². The maximum atomic E-state index is 9.21. The second-order valence-corrected chi connectivity index (χ2v) is 0.838. The molecule has 0 saturated heterocycles. The molecule has 0 aromatic rings. The predicted molar refractivity (Wildman–Crippen MR) is 34.0 cm³/mol. The van der Waals surface area contributed by atoms with Gasteiger partial charge in [-0.2, -0.15) is 0 Å². The minimum Gasteiger partial charge on any atom is -0.449 e. The van der Waals surface area contributed by atoms with Crippen molar-refractivity contribution in [2.45, 2.75) is 0 Å². The van der Waals surface area contributed by atoms with Gasteiger partial charge in [-0.05, 0) is 0 Å². The smallest absolute Gasteiger partial charge is 0.449 e. The molecular weight excluding hydrogens is 188 g/mol. The number of rotatable bonds is 0. The van der Waals surface area contributed by atoms with E-state index in [1.54, 1.807) is 0 Å². The lowest BCUT2D eigenvalue weighted by Crippen LogP contribution is -2.05. The fraction of sp³-hybridized carbons (Fsp3) is 0. The highest BCUT2D eigenvalue weighted by molar-refractivity contribution is 5.74. The molecule has 0 rings (SSSR count). The van der Waals surface area contributed by atoms with Crippen LogP contribution in [0.5, 0.6) is 0 Å². The zero-order valence-electron chi connectivity index (χ0n) is 5.94. The van der Waals surface area contributed by atoms with Crippen molar-refractivity contribution in [1.29, 1.82) is 10.8 Å². The highest BCUT2D eigenvalue weighted by Crippen LogP contribution is 1.73. The number of carboxylic acid groups (broad SMARTS) is 2. The van der Waals surface area contributed by atoms with Gasteiger partial charge in [0, 0.05) is 0 Å². The van der Waals surface area contributed by atoms with Crippen molar-refractivity contribution in [1.82, 2.24) is 0 Å². The third-order valence-electron chi connectivity index (χ3n) is 0.175. The molecule has 0 fully saturated rings. The first-order chi connectivity index (χ1) is 5.95. The topological polar surface area (TPSA) is 166 Å². The third-order valence-corrected chi connectivity index (χ3v) is 0.175. The highest BCUT2D eigenvalue weighted by atomic mass is 16.7. The van der Waals surface area contributed by atoms with Crippen LogP contribution in [0.15, 0.2) is 0 Å². The molecule has 72 valence electrons. The molecule has 9 heteroatoms. The van der Waals surface area contributed by atoms with Crippen LogP contribution in [0.3, 0.4) is 0 Å². The Morgan fingerprint density at radius 2 is 1.15 bits per heavy atom. The monoisotopic (exact) mass is 192 g/mol. The van der Waals surface area contributed by atoms with E-state index in [0.29, 0.717) is 0 Å². The lowest BCUT2D eigenvalue weighted by atomic mass is 11.3. The van der Waals surface area contributed by atoms with Crippen molar-refractivity contribution in [2.75, 3.05) is 0 Å². The van der Waals surface area contributed by atoms with Crippen LogP contribution < -0.4 is 0 Å². The second kappa shape index (κ2) is 16.2. The summed E-state index contributed by atoms with van der Waals surface area (Å²) in [4.78, 5) is 35.1. The van der Waals surface area contributed by atoms with Crippen LogP contribution in [-0.2, 0) is 14.3 Å². The number of hydrogen-bond acceptors (Lipinski definition) is 7. The first-order valence-corrected chi connectivity index (χ1v) is 2.17. The van der Waals surface area contributed by atoms with Gasteiger partial charge in [0.05, 0.1) is 0 Å². The average molecular weight is 192 g/mol. The normalized spacial score (nSPS) is 5.23. The Morgan fingerprint density at radius 3 is 1.15 bits per heavy atom. The molecule has 0 amide bonds. The molecule has 0 heterocycles. The summed E-state index contributed by atoms with van der Waals surface area (Å²) in [6.45, 7) is 0. The Kier molecular flexibility index (Phi) is 21.1. The Labute approximate surface area is 70.6 Å². The first kappa shape index (κ1) is 16.8. The van der Waals surface area contributed by atoms with Gasteiger partial charge < -0.3 is 14.9 Å². The summed E-state index contributed by atoms with van der Waals surface area (Å²) in [7, 11) is 0. The molecule has 0 aliphatic rings. The summed E-state index contributed by atoms with van der Waals surface area (Å²) in [5.74, 6) is 0. The molecule has 0 unspecified atom stereocenters. The molecule has 0 atom stereocenters. The summed E-state index contributed by atoms with van der Waals surface area (Å²) >= 11 is 0. The maximum Gasteiger partial charge on any atom is 0.516 e. The summed E-state index contributed by atoms with van der Waals surface area (Å²) in [6, 6.07) is 0. The van der Waals surface area contributed by atoms with Crippen LogP contribution in [0, 0.1) is 10.8 Å². The quantitative estimate of drug-likeness (QED) is 0.183. The molecule has 0 spiro atoms. The Morgan fingerprint density at radius 1 is 1.00 bits per heavy atom. The summed E-state index contributed by atoms with van der Waals surface area (Å²) in [6.07, 6.45) is -2.12. The molecule has 0 aromatic heterocycles. The van der Waals surface area contributed by atoms with Gasteiger partial charge in [-0.25, -0.2) is 30.0 Å². The number of isocyanates is 2. The van der Waals surface area contributed by atoms with E-state index in [-0.39, 0.29) is 0 Å². The van der Waals surface area contributed by atoms with Gasteiger partial charge in [-0.3, -0.25) is 0 Å². The molecule has 0 saturated carbocycles. The Balaban J connectivity index is -0.000000140. The van der Waals surface area contributed by atoms with Crippen molar-refractivity contribution >= 4 is 24.5 Å². The number of ether oxygens (including phenoxy) is 1. The van der Waals surface area contributed by atoms with Crippen LogP contribution in [0.2, 0.25) is 0 Å². The van der Waals surface area contributed by atoms with E-state index in [1.165, 1.54) is 0 Å². The molecule has 4 N–H and O–H groups in total. The van der Waals surface area contributed by atoms with Crippen molar-refractivity contribution < 1.29 is 34.1 Å². The Hall–Kier alpha value is -2.50. The van der Waals surface area contributed by atoms with Crippen LogP contribution in [0.25, 0.3) is 0 Å². The molecule has 13 heavy (non-hydrogen) atoms. The first-order valence-electron chi connectivity index (χ1n) is 2.17. The van der Waals surface area contributed by atoms with Crippen LogP contribution in [0.1, 0.15) is 0 Å². The van der Waals surface area contributed by atoms with Crippen LogP contribution in [0.4, 0.5) is 9.59 Å². The van der Waals surface area contributed by atoms with E-state index in [0.717, 1.165) is 12.2 Å². The summed E-state index contributed by atoms with van der Waals surface area (Å²) in [5, 5.41) is 25.8. The van der Waals surface area contributed by atoms with Crippen molar-refractivity contribution in [3.05, 3.63) is 0 Å². The third kappa shape index (κ3) is 238. The summed E-state index contributed by atoms with van der Waals surface area (Å²) in [5.41, 5.74) is 0. The van der Waals surface area contributed by atoms with E-state index in [9.17, 15) is 9.59 Å². The molecule has 0 aliphatic heterocycles. The number of nitrogens with one attached hydrogen (secondary N) is 2. The zero-order chi connectivity index (χ0) is 11.3. The van der Waals surface area contributed by atoms with Gasteiger partial charge in [-0.1, -0.05) is 0 Å². The maximum absolute atomic E-state index is 9.21. The van der Waals surface area contributed by atoms with E-state index < -0.39 is 12.3 Å². The molecule has 0 aliphatic carbocycles. The fourth-order valence-corrected chi connectivity index (χ4v) is 0.0747. The molecule has 0 bridgehead atoms. The largest absolute Gasteiger partial charge is 0.516 e. The molecule has 9 nitrogen and oxygen atoms in total. The van der Waals surface area contributed by atoms with Gasteiger partial charge in [0.1, 0.15) is 0 Å². The standard InChI is InChI=1S/C2H2O5.2CHNO/c3-1(4)7-2(5)6;2*2-1-3/h(H,3,4)(H,5,6);2*2H. The molecule has 0 radical (unpaired) electrons. The van der Waals surface area contributed by atoms with Crippen molar-refractivity contribution in [3.8, 4) is 0 Å². The van der Waals surface area contributed by atoms with Gasteiger partial charge in [0.15, 0.2) is 0 Å². The van der Waals surface area contributed by atoms with Gasteiger partial charge in [0.2, 0.25) is 12.2 Å². The predicted octanol–water partition coefficient (Wildman–Crippen LogP) is 0.161. The van der Waals surface area contributed by atoms with Gasteiger partial charge >= 0.3 is 12.3 Å². The van der Waals surface area contributed by atoms with Crippen molar-refractivity contribution in [2.24, 2.45) is 0 Å². The SMILES string of the molecule is N=C=O.N=C=O.O=C(O)OC(=O)O. The Bertz CT molecular complexity index is 199. The summed E-state index contributed by atoms with van der Waals surface area (Å²) < 4.78 is 3.08. The second-order valence-electron chi connectivity index (χ2n) is 0.838. The van der Waals surface area contributed by atoms with Crippen LogP contribution in [-0.4, -0.2) is 34.7 Å². The molecular formula is C4H4N2O7. The van der Waals surface area contributed by atoms with E-state index in [2.05, 4.69) is 4.74 Å². The zero-order valence-corrected chi connectivity index (χ0v) is 5.94. The lowest BCUT2D eigenvalue weighted by molar-refractivity contribution is 0.0802. The average Bonchev–Trinajstić information content (AvgIpc) is 1.86. The molecule has 0 aromatic carbocycles. The minimum absolute atomic E-state index is 0.750. The van der Waals surface area contributed by atoms with Crippen molar-refractivity contribution in [3.63, 3.8) is 0 Å². The fourth-order valence-electron chi connectivity index (χ4n) is 0.0747. The van der Waals surface area contributed by atoms with Gasteiger partial charge in [0.25, 0.3) is 0 Å². The number of carbonyl (C=O) groups is 2. The van der Waals surface area contributed by atoms with Gasteiger partial charge in [-0.15, -0.1) is 0 Å².